The lowest BCUT2D eigenvalue weighted by molar-refractivity contribution is -0.0381. The van der Waals surface area contributed by atoms with E-state index < -0.39 is 17.1 Å². The van der Waals surface area contributed by atoms with Crippen LogP contribution in [0.2, 0.25) is 10.0 Å². The zero-order valence-electron chi connectivity index (χ0n) is 15.2. The molecule has 2 atom stereocenters. The first-order chi connectivity index (χ1) is 11.5. The third-order valence-corrected chi connectivity index (χ3v) is 5.16. The maximum absolute atomic E-state index is 11.5. The van der Waals surface area contributed by atoms with Gasteiger partial charge in [-0.15, -0.1) is 0 Å². The summed E-state index contributed by atoms with van der Waals surface area (Å²) in [5.41, 5.74) is -0.575. The Balaban J connectivity index is 2.89. The minimum Gasteiger partial charge on any atom is -0.390 e. The number of aliphatic hydroxyl groups excluding tert-OH is 1. The van der Waals surface area contributed by atoms with Crippen molar-refractivity contribution in [3.8, 4) is 0 Å². The monoisotopic (exact) mass is 401 g/mol. The van der Waals surface area contributed by atoms with Crippen LogP contribution < -0.4 is 0 Å². The molecule has 1 heterocycles. The van der Waals surface area contributed by atoms with Crippen molar-refractivity contribution >= 4 is 35.4 Å². The van der Waals surface area contributed by atoms with Gasteiger partial charge in [-0.3, -0.25) is 0 Å². The smallest absolute Gasteiger partial charge is 0.195 e. The molecular formula is C18H25Cl2N3OS. The third-order valence-electron chi connectivity index (χ3n) is 4.32. The fraction of sp³-hybridized carbons (Fsp3) is 0.556. The van der Waals surface area contributed by atoms with Crippen molar-refractivity contribution in [3.05, 3.63) is 44.9 Å². The zero-order chi connectivity index (χ0) is 19.0. The predicted octanol–water partition coefficient (Wildman–Crippen LogP) is 5.44. The van der Waals surface area contributed by atoms with E-state index >= 15 is 0 Å². The molecule has 2 rings (SSSR count). The van der Waals surface area contributed by atoms with Gasteiger partial charge in [0.25, 0.3) is 0 Å². The van der Waals surface area contributed by atoms with Crippen LogP contribution >= 0.6 is 35.4 Å². The van der Waals surface area contributed by atoms with Crippen LogP contribution in [0.5, 0.6) is 0 Å². The van der Waals surface area contributed by atoms with Crippen LogP contribution in [0.3, 0.4) is 0 Å². The first-order valence-corrected chi connectivity index (χ1v) is 9.43. The number of hydrogen-bond acceptors (Lipinski definition) is 3. The largest absolute Gasteiger partial charge is 0.390 e. The molecule has 0 radical (unpaired) electrons. The van der Waals surface area contributed by atoms with E-state index in [9.17, 15) is 5.11 Å². The highest BCUT2D eigenvalue weighted by Crippen LogP contribution is 2.45. The second-order valence-corrected chi connectivity index (χ2v) is 9.15. The maximum Gasteiger partial charge on any atom is 0.195 e. The van der Waals surface area contributed by atoms with E-state index in [4.69, 9.17) is 35.4 Å². The predicted molar refractivity (Wildman–Crippen MR) is 106 cm³/mol. The number of aromatic nitrogens is 3. The van der Waals surface area contributed by atoms with Gasteiger partial charge in [-0.05, 0) is 42.1 Å². The number of hydrogen-bond donors (Lipinski definition) is 2. The highest BCUT2D eigenvalue weighted by Gasteiger charge is 2.49. The van der Waals surface area contributed by atoms with Crippen LogP contribution in [-0.2, 0) is 5.54 Å². The van der Waals surface area contributed by atoms with Crippen LogP contribution in [0.15, 0.2) is 24.5 Å². The average molecular weight is 402 g/mol. The van der Waals surface area contributed by atoms with Crippen LogP contribution in [0, 0.1) is 16.1 Å². The highest BCUT2D eigenvalue weighted by atomic mass is 35.5. The maximum atomic E-state index is 11.5. The Hall–Kier alpha value is -0.880. The molecule has 4 nitrogen and oxygen atoms in total. The van der Waals surface area contributed by atoms with E-state index in [0.717, 1.165) is 5.56 Å². The molecule has 0 saturated heterocycles. The molecule has 138 valence electrons. The fourth-order valence-corrected chi connectivity index (χ4v) is 4.24. The molecule has 2 aromatic rings. The molecule has 1 aromatic carbocycles. The van der Waals surface area contributed by atoms with E-state index in [0.29, 0.717) is 21.2 Å². The zero-order valence-corrected chi connectivity index (χ0v) is 17.5. The Morgan fingerprint density at radius 2 is 1.92 bits per heavy atom. The molecule has 0 saturated carbocycles. The molecule has 0 aliphatic heterocycles. The van der Waals surface area contributed by atoms with Gasteiger partial charge in [0, 0.05) is 15.6 Å². The summed E-state index contributed by atoms with van der Waals surface area (Å²) < 4.78 is 2.13. The number of aliphatic hydroxyl groups is 1. The number of H-pyrrole nitrogens is 1. The molecule has 0 unspecified atom stereocenters. The third kappa shape index (κ3) is 3.95. The molecule has 25 heavy (non-hydrogen) atoms. The van der Waals surface area contributed by atoms with Crippen LogP contribution in [0.1, 0.15) is 46.6 Å². The molecule has 0 aliphatic rings. The van der Waals surface area contributed by atoms with Gasteiger partial charge in [0.2, 0.25) is 0 Å². The average Bonchev–Trinajstić information content (AvgIpc) is 2.90. The molecular weight excluding hydrogens is 377 g/mol. The van der Waals surface area contributed by atoms with Crippen molar-refractivity contribution in [2.75, 3.05) is 0 Å². The Labute approximate surface area is 164 Å². The second-order valence-electron chi connectivity index (χ2n) is 7.92. The van der Waals surface area contributed by atoms with Crippen molar-refractivity contribution in [1.29, 1.82) is 0 Å². The summed E-state index contributed by atoms with van der Waals surface area (Å²) in [6.07, 6.45) is 1.37. The number of halogens is 2. The number of benzene rings is 1. The molecule has 0 spiro atoms. The number of nitrogens with zero attached hydrogens (tertiary/aromatic N) is 2. The molecule has 2 N–H and O–H groups in total. The van der Waals surface area contributed by atoms with Crippen molar-refractivity contribution < 1.29 is 5.11 Å². The first-order valence-electron chi connectivity index (χ1n) is 8.27. The Bertz CT molecular complexity index is 794. The second kappa shape index (κ2) is 7.39. The summed E-state index contributed by atoms with van der Waals surface area (Å²) in [5.74, 6) is 0.266. The van der Waals surface area contributed by atoms with Crippen LogP contribution in [-0.4, -0.2) is 26.0 Å². The van der Waals surface area contributed by atoms with Gasteiger partial charge < -0.3 is 10.1 Å². The summed E-state index contributed by atoms with van der Waals surface area (Å²) in [5, 5.41) is 16.9. The highest BCUT2D eigenvalue weighted by molar-refractivity contribution is 7.71. The van der Waals surface area contributed by atoms with Crippen LogP contribution in [0.25, 0.3) is 0 Å². The van der Waals surface area contributed by atoms with E-state index in [-0.39, 0.29) is 5.92 Å². The Morgan fingerprint density at radius 3 is 2.36 bits per heavy atom. The lowest BCUT2D eigenvalue weighted by Crippen LogP contribution is -2.53. The minimum absolute atomic E-state index is 0.266. The van der Waals surface area contributed by atoms with E-state index in [1.807, 2.05) is 26.8 Å². The number of rotatable bonds is 5. The summed E-state index contributed by atoms with van der Waals surface area (Å²) >= 11 is 18.1. The van der Waals surface area contributed by atoms with Crippen molar-refractivity contribution in [2.24, 2.45) is 11.3 Å². The lowest BCUT2D eigenvalue weighted by Gasteiger charge is -2.45. The SMILES string of the molecule is CC(C)C[C@](c1ccc(Cl)cc1Cl)([C@H](O)C(C)(C)C)n1nc[nH]c1=S. The molecule has 0 amide bonds. The summed E-state index contributed by atoms with van der Waals surface area (Å²) in [6.45, 7) is 10.2. The molecule has 7 heteroatoms. The summed E-state index contributed by atoms with van der Waals surface area (Å²) in [6, 6.07) is 5.33. The van der Waals surface area contributed by atoms with Gasteiger partial charge in [0.15, 0.2) is 4.77 Å². The summed E-state index contributed by atoms with van der Waals surface area (Å²) in [4.78, 5) is 2.94. The Morgan fingerprint density at radius 1 is 1.28 bits per heavy atom. The van der Waals surface area contributed by atoms with Gasteiger partial charge in [-0.2, -0.15) is 5.10 Å². The van der Waals surface area contributed by atoms with Gasteiger partial charge in [0.1, 0.15) is 11.9 Å². The Kier molecular flexibility index (Phi) is 6.04. The molecule has 0 fully saturated rings. The van der Waals surface area contributed by atoms with Crippen molar-refractivity contribution in [2.45, 2.75) is 52.7 Å². The van der Waals surface area contributed by atoms with Crippen molar-refractivity contribution in [1.82, 2.24) is 14.8 Å². The van der Waals surface area contributed by atoms with E-state index in [1.54, 1.807) is 16.8 Å². The topological polar surface area (TPSA) is 53.8 Å². The van der Waals surface area contributed by atoms with Gasteiger partial charge in [-0.25, -0.2) is 4.68 Å². The number of aromatic amines is 1. The standard InChI is InChI=1S/C18H25Cl2N3OS/c1-11(2)9-18(15(24)17(3,4)5,23-16(25)21-10-22-23)13-7-6-12(19)8-14(13)20/h6-8,10-11,15,24H,9H2,1-5H3,(H,21,22,25)/t15-,18+/m1/s1. The molecule has 0 aliphatic carbocycles. The molecule has 1 aromatic heterocycles. The van der Waals surface area contributed by atoms with Gasteiger partial charge in [-0.1, -0.05) is 63.9 Å². The number of nitrogens with one attached hydrogen (secondary N) is 1. The quantitative estimate of drug-likeness (QED) is 0.655. The van der Waals surface area contributed by atoms with Gasteiger partial charge in [0.05, 0.1) is 6.10 Å². The first kappa shape index (κ1) is 20.4. The lowest BCUT2D eigenvalue weighted by atomic mass is 9.69. The van der Waals surface area contributed by atoms with E-state index in [1.165, 1.54) is 6.33 Å². The van der Waals surface area contributed by atoms with Crippen LogP contribution in [0.4, 0.5) is 0 Å². The summed E-state index contributed by atoms with van der Waals surface area (Å²) in [7, 11) is 0. The fourth-order valence-electron chi connectivity index (χ4n) is 3.40. The van der Waals surface area contributed by atoms with Crippen molar-refractivity contribution in [3.63, 3.8) is 0 Å². The normalized spacial score (nSPS) is 16.0. The van der Waals surface area contributed by atoms with E-state index in [2.05, 4.69) is 23.9 Å². The molecule has 0 bridgehead atoms. The minimum atomic E-state index is -0.912. The van der Waals surface area contributed by atoms with Gasteiger partial charge >= 0.3 is 0 Å².